The van der Waals surface area contributed by atoms with E-state index >= 15 is 0 Å². The predicted molar refractivity (Wildman–Crippen MR) is 83.6 cm³/mol. The molecule has 1 aromatic carbocycles. The van der Waals surface area contributed by atoms with Crippen molar-refractivity contribution in [1.29, 1.82) is 0 Å². The number of hydrogen-bond acceptors (Lipinski definition) is 3. The summed E-state index contributed by atoms with van der Waals surface area (Å²) in [6, 6.07) is 8.93. The summed E-state index contributed by atoms with van der Waals surface area (Å²) in [5.41, 5.74) is 3.01. The molecule has 0 unspecified atom stereocenters. The molecule has 1 heterocycles. The largest absolute Gasteiger partial charge is 0.487 e. The Balaban J connectivity index is 1.57. The molecule has 0 bridgehead atoms. The average molecular weight is 306 g/mol. The zero-order valence-electron chi connectivity index (χ0n) is 12.4. The number of benzene rings is 1. The topological polar surface area (TPSA) is 39.1 Å². The molecule has 1 saturated carbocycles. The van der Waals surface area contributed by atoms with Crippen molar-refractivity contribution >= 4 is 11.6 Å². The molecule has 1 aromatic heterocycles. The maximum Gasteiger partial charge on any atom is 0.131 e. The minimum Gasteiger partial charge on any atom is -0.487 e. The van der Waals surface area contributed by atoms with Gasteiger partial charge in [0.1, 0.15) is 12.4 Å². The van der Waals surface area contributed by atoms with Gasteiger partial charge in [0.05, 0.1) is 16.4 Å². The summed E-state index contributed by atoms with van der Waals surface area (Å²) in [6.45, 7) is 3.25. The fourth-order valence-electron chi connectivity index (χ4n) is 2.24. The summed E-state index contributed by atoms with van der Waals surface area (Å²) in [7, 11) is 1.88. The van der Waals surface area contributed by atoms with Crippen LogP contribution in [-0.4, -0.2) is 15.8 Å². The molecule has 0 spiro atoms. The highest BCUT2D eigenvalue weighted by atomic mass is 35.5. The highest BCUT2D eigenvalue weighted by molar-refractivity contribution is 6.31. The lowest BCUT2D eigenvalue weighted by atomic mass is 10.2. The first-order valence-electron chi connectivity index (χ1n) is 7.26. The van der Waals surface area contributed by atoms with E-state index in [1.54, 1.807) is 4.68 Å². The zero-order valence-corrected chi connectivity index (χ0v) is 13.2. The molecule has 0 atom stereocenters. The average Bonchev–Trinajstić information content (AvgIpc) is 3.26. The number of nitrogens with one attached hydrogen (secondary N) is 1. The molecule has 1 aliphatic rings. The lowest BCUT2D eigenvalue weighted by molar-refractivity contribution is 0.295. The maximum absolute atomic E-state index is 6.21. The van der Waals surface area contributed by atoms with E-state index in [1.165, 1.54) is 18.4 Å². The molecule has 0 radical (unpaired) electrons. The van der Waals surface area contributed by atoms with E-state index in [0.717, 1.165) is 29.7 Å². The number of rotatable bonds is 6. The van der Waals surface area contributed by atoms with Crippen LogP contribution in [0.3, 0.4) is 0 Å². The van der Waals surface area contributed by atoms with Gasteiger partial charge in [-0.2, -0.15) is 5.10 Å². The molecular weight excluding hydrogens is 286 g/mol. The number of aromatic nitrogens is 2. The number of halogens is 1. The molecule has 2 aromatic rings. The van der Waals surface area contributed by atoms with Crippen molar-refractivity contribution in [2.45, 2.75) is 39.0 Å². The summed E-state index contributed by atoms with van der Waals surface area (Å²) in [5, 5.41) is 8.46. The molecule has 5 heteroatoms. The normalized spacial score (nSPS) is 14.4. The lowest BCUT2D eigenvalue weighted by Crippen LogP contribution is -2.15. The van der Waals surface area contributed by atoms with Crippen LogP contribution in [0.15, 0.2) is 24.3 Å². The van der Waals surface area contributed by atoms with Gasteiger partial charge in [-0.25, -0.2) is 0 Å². The Morgan fingerprint density at radius 3 is 2.62 bits per heavy atom. The third-order valence-electron chi connectivity index (χ3n) is 3.73. The summed E-state index contributed by atoms with van der Waals surface area (Å²) < 4.78 is 7.56. The van der Waals surface area contributed by atoms with Crippen molar-refractivity contribution < 1.29 is 4.74 Å². The third kappa shape index (κ3) is 3.57. The van der Waals surface area contributed by atoms with Crippen LogP contribution in [0, 0.1) is 6.92 Å². The molecule has 1 N–H and O–H groups in total. The van der Waals surface area contributed by atoms with Gasteiger partial charge < -0.3 is 10.1 Å². The predicted octanol–water partition coefficient (Wildman–Crippen LogP) is 3.21. The Labute approximate surface area is 130 Å². The molecular formula is C16H20ClN3O. The van der Waals surface area contributed by atoms with Crippen LogP contribution in [0.2, 0.25) is 5.02 Å². The maximum atomic E-state index is 6.21. The lowest BCUT2D eigenvalue weighted by Gasteiger charge is -2.08. The van der Waals surface area contributed by atoms with E-state index in [4.69, 9.17) is 16.3 Å². The van der Waals surface area contributed by atoms with Gasteiger partial charge in [0.2, 0.25) is 0 Å². The molecule has 4 nitrogen and oxygen atoms in total. The van der Waals surface area contributed by atoms with E-state index in [9.17, 15) is 0 Å². The summed E-state index contributed by atoms with van der Waals surface area (Å²) in [5.74, 6) is 0.847. The van der Waals surface area contributed by atoms with Crippen LogP contribution in [0.1, 0.15) is 29.8 Å². The highest BCUT2D eigenvalue weighted by Gasteiger charge is 2.19. The molecule has 0 amide bonds. The molecule has 112 valence electrons. The van der Waals surface area contributed by atoms with Crippen LogP contribution >= 0.6 is 11.6 Å². The molecule has 0 saturated heterocycles. The first-order valence-corrected chi connectivity index (χ1v) is 7.64. The number of hydrogen-bond donors (Lipinski definition) is 1. The van der Waals surface area contributed by atoms with E-state index in [-0.39, 0.29) is 0 Å². The van der Waals surface area contributed by atoms with Crippen LogP contribution in [0.5, 0.6) is 5.75 Å². The Kier molecular flexibility index (Phi) is 4.17. The fourth-order valence-corrected chi connectivity index (χ4v) is 2.46. The second kappa shape index (κ2) is 6.08. The van der Waals surface area contributed by atoms with Crippen LogP contribution in [-0.2, 0) is 20.2 Å². The minimum absolute atomic E-state index is 0.426. The van der Waals surface area contributed by atoms with Crippen molar-refractivity contribution in [3.05, 3.63) is 46.2 Å². The summed E-state index contributed by atoms with van der Waals surface area (Å²) in [4.78, 5) is 0. The van der Waals surface area contributed by atoms with Gasteiger partial charge in [-0.05, 0) is 37.5 Å². The molecule has 1 fully saturated rings. The quantitative estimate of drug-likeness (QED) is 0.890. The van der Waals surface area contributed by atoms with Crippen molar-refractivity contribution in [2.24, 2.45) is 7.05 Å². The van der Waals surface area contributed by atoms with Gasteiger partial charge in [-0.15, -0.1) is 0 Å². The second-order valence-corrected chi connectivity index (χ2v) is 5.94. The molecule has 0 aliphatic heterocycles. The van der Waals surface area contributed by atoms with Gasteiger partial charge in [0.15, 0.2) is 0 Å². The van der Waals surface area contributed by atoms with Gasteiger partial charge >= 0.3 is 0 Å². The van der Waals surface area contributed by atoms with E-state index in [0.29, 0.717) is 11.6 Å². The van der Waals surface area contributed by atoms with Crippen molar-refractivity contribution in [1.82, 2.24) is 15.1 Å². The number of nitrogens with zero attached hydrogens (tertiary/aromatic N) is 2. The van der Waals surface area contributed by atoms with E-state index in [1.807, 2.05) is 26.1 Å². The van der Waals surface area contributed by atoms with Gasteiger partial charge in [-0.1, -0.05) is 23.7 Å². The minimum atomic E-state index is 0.426. The second-order valence-electron chi connectivity index (χ2n) is 5.56. The highest BCUT2D eigenvalue weighted by Crippen LogP contribution is 2.22. The van der Waals surface area contributed by atoms with Crippen LogP contribution < -0.4 is 10.1 Å². The smallest absolute Gasteiger partial charge is 0.131 e. The van der Waals surface area contributed by atoms with E-state index < -0.39 is 0 Å². The number of aryl methyl sites for hydroxylation is 2. The van der Waals surface area contributed by atoms with Gasteiger partial charge in [-0.3, -0.25) is 4.68 Å². The van der Waals surface area contributed by atoms with Gasteiger partial charge in [0, 0.05) is 19.6 Å². The van der Waals surface area contributed by atoms with Crippen molar-refractivity contribution in [3.8, 4) is 5.75 Å². The van der Waals surface area contributed by atoms with Crippen LogP contribution in [0.4, 0.5) is 0 Å². The fraction of sp³-hybridized carbons (Fsp3) is 0.438. The summed E-state index contributed by atoms with van der Waals surface area (Å²) >= 11 is 6.21. The Hall–Kier alpha value is -1.52. The van der Waals surface area contributed by atoms with Crippen LogP contribution in [0.25, 0.3) is 0 Å². The number of ether oxygens (including phenoxy) is 1. The summed E-state index contributed by atoms with van der Waals surface area (Å²) in [6.07, 6.45) is 2.62. The van der Waals surface area contributed by atoms with Crippen molar-refractivity contribution in [2.75, 3.05) is 0 Å². The molecule has 21 heavy (non-hydrogen) atoms. The Bertz CT molecular complexity index is 617. The monoisotopic (exact) mass is 305 g/mol. The first kappa shape index (κ1) is 14.4. The first-order chi connectivity index (χ1) is 10.1. The zero-order chi connectivity index (χ0) is 14.8. The van der Waals surface area contributed by atoms with Crippen molar-refractivity contribution in [3.63, 3.8) is 0 Å². The molecule has 3 rings (SSSR count). The van der Waals surface area contributed by atoms with Gasteiger partial charge in [0.25, 0.3) is 0 Å². The van der Waals surface area contributed by atoms with E-state index in [2.05, 4.69) is 22.5 Å². The third-order valence-corrected chi connectivity index (χ3v) is 4.22. The standard InChI is InChI=1S/C16H20ClN3O/c1-11-16(17)15(20(2)19-11)10-21-14-7-3-12(4-8-14)9-18-13-5-6-13/h3-4,7-8,13,18H,5-6,9-10H2,1-2H3. The SMILES string of the molecule is Cc1nn(C)c(COc2ccc(CNC3CC3)cc2)c1Cl. The Morgan fingerprint density at radius 1 is 1.33 bits per heavy atom. The Morgan fingerprint density at radius 2 is 2.05 bits per heavy atom. The molecule has 1 aliphatic carbocycles.